The summed E-state index contributed by atoms with van der Waals surface area (Å²) in [5.74, 6) is 0.516. The Morgan fingerprint density at radius 2 is 2.00 bits per heavy atom. The third kappa shape index (κ3) is 3.97. The summed E-state index contributed by atoms with van der Waals surface area (Å²) in [6.45, 7) is 15.1. The van der Waals surface area contributed by atoms with Gasteiger partial charge in [-0.05, 0) is 24.6 Å². The van der Waals surface area contributed by atoms with Gasteiger partial charge in [-0.2, -0.15) is 0 Å². The molecule has 1 heteroatoms. The van der Waals surface area contributed by atoms with Gasteiger partial charge in [-0.25, -0.2) is 0 Å². The molecule has 0 heterocycles. The molecule has 0 bridgehead atoms. The lowest BCUT2D eigenvalue weighted by Gasteiger charge is -2.25. The SMILES string of the molecule is C=C/C=C(/C(C)C)N(C=C)CCC. The Morgan fingerprint density at radius 3 is 2.31 bits per heavy atom. The van der Waals surface area contributed by atoms with E-state index in [2.05, 4.69) is 44.9 Å². The molecule has 0 saturated carbocycles. The van der Waals surface area contributed by atoms with Crippen molar-refractivity contribution >= 4 is 0 Å². The van der Waals surface area contributed by atoms with Crippen LogP contribution in [0.2, 0.25) is 0 Å². The van der Waals surface area contributed by atoms with Crippen molar-refractivity contribution in [3.8, 4) is 0 Å². The second-order valence-electron chi connectivity index (χ2n) is 3.36. The summed E-state index contributed by atoms with van der Waals surface area (Å²) < 4.78 is 0. The minimum absolute atomic E-state index is 0.516. The summed E-state index contributed by atoms with van der Waals surface area (Å²) in [4.78, 5) is 2.19. The van der Waals surface area contributed by atoms with E-state index in [1.165, 1.54) is 5.70 Å². The van der Waals surface area contributed by atoms with E-state index in [1.54, 1.807) is 0 Å². The Morgan fingerprint density at radius 1 is 1.38 bits per heavy atom. The maximum absolute atomic E-state index is 3.82. The number of nitrogens with zero attached hydrogens (tertiary/aromatic N) is 1. The van der Waals surface area contributed by atoms with E-state index in [4.69, 9.17) is 0 Å². The average molecular weight is 179 g/mol. The first-order chi connectivity index (χ1) is 6.17. The summed E-state index contributed by atoms with van der Waals surface area (Å²) >= 11 is 0. The molecule has 0 aromatic rings. The van der Waals surface area contributed by atoms with Gasteiger partial charge in [0.15, 0.2) is 0 Å². The van der Waals surface area contributed by atoms with E-state index in [0.29, 0.717) is 5.92 Å². The number of allylic oxidation sites excluding steroid dienone is 3. The van der Waals surface area contributed by atoms with Gasteiger partial charge in [0.2, 0.25) is 0 Å². The third-order valence-corrected chi connectivity index (χ3v) is 1.90. The van der Waals surface area contributed by atoms with Crippen LogP contribution in [0.1, 0.15) is 27.2 Å². The third-order valence-electron chi connectivity index (χ3n) is 1.90. The first-order valence-corrected chi connectivity index (χ1v) is 4.89. The fraction of sp³-hybridized carbons (Fsp3) is 0.500. The molecular formula is C12H21N. The van der Waals surface area contributed by atoms with E-state index < -0.39 is 0 Å². The highest BCUT2D eigenvalue weighted by Gasteiger charge is 2.07. The lowest BCUT2D eigenvalue weighted by Crippen LogP contribution is -2.20. The van der Waals surface area contributed by atoms with Crippen molar-refractivity contribution in [3.05, 3.63) is 37.2 Å². The fourth-order valence-electron chi connectivity index (χ4n) is 1.31. The van der Waals surface area contributed by atoms with Crippen LogP contribution in [0.25, 0.3) is 0 Å². The van der Waals surface area contributed by atoms with Crippen LogP contribution in [0.4, 0.5) is 0 Å². The zero-order valence-electron chi connectivity index (χ0n) is 9.09. The highest BCUT2D eigenvalue weighted by atomic mass is 15.1. The summed E-state index contributed by atoms with van der Waals surface area (Å²) in [5, 5.41) is 0. The topological polar surface area (TPSA) is 3.24 Å². The van der Waals surface area contributed by atoms with Crippen LogP contribution in [-0.4, -0.2) is 11.4 Å². The van der Waals surface area contributed by atoms with Crippen LogP contribution >= 0.6 is 0 Å². The number of hydrogen-bond donors (Lipinski definition) is 0. The van der Waals surface area contributed by atoms with Crippen molar-refractivity contribution in [1.82, 2.24) is 4.90 Å². The van der Waals surface area contributed by atoms with Gasteiger partial charge in [0.05, 0.1) is 0 Å². The number of hydrogen-bond acceptors (Lipinski definition) is 1. The molecule has 0 aliphatic rings. The standard InChI is InChI=1S/C12H21N/c1-6-9-12(11(4)5)13(8-3)10-7-2/h6,8-9,11H,1,3,7,10H2,2,4-5H3/b12-9-. The van der Waals surface area contributed by atoms with Gasteiger partial charge in [0.25, 0.3) is 0 Å². The Balaban J connectivity index is 4.58. The van der Waals surface area contributed by atoms with Crippen molar-refractivity contribution in [3.63, 3.8) is 0 Å². The fourth-order valence-corrected chi connectivity index (χ4v) is 1.31. The molecular weight excluding hydrogens is 158 g/mol. The molecule has 0 aliphatic heterocycles. The Bertz CT molecular complexity index is 189. The molecule has 0 aromatic carbocycles. The minimum Gasteiger partial charge on any atom is -0.352 e. The van der Waals surface area contributed by atoms with Gasteiger partial charge in [0.1, 0.15) is 0 Å². The molecule has 13 heavy (non-hydrogen) atoms. The summed E-state index contributed by atoms with van der Waals surface area (Å²) in [7, 11) is 0. The quantitative estimate of drug-likeness (QED) is 0.563. The van der Waals surface area contributed by atoms with Gasteiger partial charge >= 0.3 is 0 Å². The van der Waals surface area contributed by atoms with E-state index in [-0.39, 0.29) is 0 Å². The minimum atomic E-state index is 0.516. The summed E-state index contributed by atoms with van der Waals surface area (Å²) in [5.41, 5.74) is 1.28. The summed E-state index contributed by atoms with van der Waals surface area (Å²) in [6, 6.07) is 0. The zero-order chi connectivity index (χ0) is 10.3. The Hall–Kier alpha value is -0.980. The molecule has 0 amide bonds. The van der Waals surface area contributed by atoms with E-state index in [0.717, 1.165) is 13.0 Å². The molecule has 1 nitrogen and oxygen atoms in total. The predicted octanol–water partition coefficient (Wildman–Crippen LogP) is 3.57. The predicted molar refractivity (Wildman–Crippen MR) is 60.3 cm³/mol. The van der Waals surface area contributed by atoms with Gasteiger partial charge in [-0.1, -0.05) is 40.0 Å². The van der Waals surface area contributed by atoms with E-state index in [1.807, 2.05) is 12.3 Å². The van der Waals surface area contributed by atoms with Crippen LogP contribution in [-0.2, 0) is 0 Å². The van der Waals surface area contributed by atoms with E-state index in [9.17, 15) is 0 Å². The maximum Gasteiger partial charge on any atom is 0.0219 e. The Labute approximate surface area is 82.4 Å². The molecule has 0 N–H and O–H groups in total. The molecule has 0 saturated heterocycles. The first kappa shape index (κ1) is 12.0. The van der Waals surface area contributed by atoms with Gasteiger partial charge in [0, 0.05) is 12.2 Å². The monoisotopic (exact) mass is 179 g/mol. The summed E-state index contributed by atoms with van der Waals surface area (Å²) in [6.07, 6.45) is 6.91. The molecule has 0 unspecified atom stereocenters. The zero-order valence-corrected chi connectivity index (χ0v) is 9.09. The van der Waals surface area contributed by atoms with Crippen molar-refractivity contribution in [2.75, 3.05) is 6.54 Å². The molecule has 0 fully saturated rings. The maximum atomic E-state index is 3.82. The van der Waals surface area contributed by atoms with Gasteiger partial charge < -0.3 is 4.90 Å². The van der Waals surface area contributed by atoms with Crippen molar-refractivity contribution in [2.24, 2.45) is 5.92 Å². The van der Waals surface area contributed by atoms with Crippen LogP contribution in [0.5, 0.6) is 0 Å². The second-order valence-corrected chi connectivity index (χ2v) is 3.36. The Kier molecular flexibility index (Phi) is 6.03. The van der Waals surface area contributed by atoms with Crippen LogP contribution in [0.15, 0.2) is 37.2 Å². The molecule has 0 spiro atoms. The molecule has 0 radical (unpaired) electrons. The lowest BCUT2D eigenvalue weighted by atomic mass is 10.1. The van der Waals surface area contributed by atoms with Crippen LogP contribution < -0.4 is 0 Å². The van der Waals surface area contributed by atoms with Gasteiger partial charge in [-0.15, -0.1) is 0 Å². The normalized spacial score (nSPS) is 11.5. The van der Waals surface area contributed by atoms with Crippen LogP contribution in [0.3, 0.4) is 0 Å². The highest BCUT2D eigenvalue weighted by Crippen LogP contribution is 2.15. The van der Waals surface area contributed by atoms with Crippen molar-refractivity contribution < 1.29 is 0 Å². The highest BCUT2D eigenvalue weighted by molar-refractivity contribution is 5.13. The van der Waals surface area contributed by atoms with Crippen LogP contribution in [0, 0.1) is 5.92 Å². The first-order valence-electron chi connectivity index (χ1n) is 4.89. The lowest BCUT2D eigenvalue weighted by molar-refractivity contribution is 0.413. The molecule has 0 aliphatic carbocycles. The second kappa shape index (κ2) is 6.53. The molecule has 0 aromatic heterocycles. The average Bonchev–Trinajstić information content (AvgIpc) is 2.10. The van der Waals surface area contributed by atoms with Crippen molar-refractivity contribution in [1.29, 1.82) is 0 Å². The largest absolute Gasteiger partial charge is 0.352 e. The smallest absolute Gasteiger partial charge is 0.0219 e. The molecule has 74 valence electrons. The molecule has 0 atom stereocenters. The number of rotatable bonds is 6. The van der Waals surface area contributed by atoms with E-state index >= 15 is 0 Å². The molecule has 0 rings (SSSR count). The van der Waals surface area contributed by atoms with Gasteiger partial charge in [-0.3, -0.25) is 0 Å². The van der Waals surface area contributed by atoms with Crippen molar-refractivity contribution in [2.45, 2.75) is 27.2 Å².